The normalized spacial score (nSPS) is 28.2. The third-order valence-electron chi connectivity index (χ3n) is 2.89. The van der Waals surface area contributed by atoms with E-state index < -0.39 is 0 Å². The molecule has 2 N–H and O–H groups in total. The summed E-state index contributed by atoms with van der Waals surface area (Å²) < 4.78 is 10.8. The minimum atomic E-state index is -0.380. The number of nitrogens with two attached hydrogens (primary N) is 1. The van der Waals surface area contributed by atoms with Crippen LogP contribution in [0.5, 0.6) is 0 Å². The lowest BCUT2D eigenvalue weighted by Gasteiger charge is -2.17. The zero-order chi connectivity index (χ0) is 10.9. The van der Waals surface area contributed by atoms with E-state index in [0.717, 1.165) is 25.9 Å². The molecule has 1 fully saturated rings. The van der Waals surface area contributed by atoms with Crippen LogP contribution in [0.1, 0.15) is 50.9 Å². The van der Waals surface area contributed by atoms with Crippen molar-refractivity contribution in [1.29, 1.82) is 0 Å². The topological polar surface area (TPSA) is 74.2 Å². The molecule has 1 unspecified atom stereocenters. The second-order valence-corrected chi connectivity index (χ2v) is 4.15. The molecule has 1 aliphatic heterocycles. The highest BCUT2D eigenvalue weighted by Crippen LogP contribution is 2.33. The zero-order valence-electron chi connectivity index (χ0n) is 9.19. The van der Waals surface area contributed by atoms with Crippen LogP contribution >= 0.6 is 0 Å². The van der Waals surface area contributed by atoms with Gasteiger partial charge in [0.05, 0.1) is 6.04 Å². The molecule has 5 heteroatoms. The molecular weight excluding hydrogens is 194 g/mol. The van der Waals surface area contributed by atoms with Crippen LogP contribution in [0.4, 0.5) is 0 Å². The van der Waals surface area contributed by atoms with Crippen LogP contribution in [0.3, 0.4) is 0 Å². The molecule has 0 aliphatic carbocycles. The first kappa shape index (κ1) is 10.6. The van der Waals surface area contributed by atoms with E-state index in [4.69, 9.17) is 15.0 Å². The Morgan fingerprint density at radius 1 is 1.60 bits per heavy atom. The largest absolute Gasteiger partial charge is 0.367 e. The Kier molecular flexibility index (Phi) is 2.75. The summed E-state index contributed by atoms with van der Waals surface area (Å²) in [6, 6.07) is -0.170. The van der Waals surface area contributed by atoms with Crippen molar-refractivity contribution in [2.75, 3.05) is 6.61 Å². The first-order valence-corrected chi connectivity index (χ1v) is 5.39. The Morgan fingerprint density at radius 3 is 3.00 bits per heavy atom. The monoisotopic (exact) mass is 211 g/mol. The highest BCUT2D eigenvalue weighted by atomic mass is 16.5. The van der Waals surface area contributed by atoms with Crippen LogP contribution in [0, 0.1) is 0 Å². The summed E-state index contributed by atoms with van der Waals surface area (Å²) in [5.74, 6) is 1.13. The summed E-state index contributed by atoms with van der Waals surface area (Å²) in [4.78, 5) is 4.31. The Bertz CT molecular complexity index is 331. The lowest BCUT2D eigenvalue weighted by atomic mass is 10.0. The molecule has 0 bridgehead atoms. The van der Waals surface area contributed by atoms with E-state index in [2.05, 4.69) is 10.1 Å². The molecule has 84 valence electrons. The minimum absolute atomic E-state index is 0.170. The third kappa shape index (κ3) is 1.89. The van der Waals surface area contributed by atoms with Gasteiger partial charge in [-0.1, -0.05) is 12.1 Å². The van der Waals surface area contributed by atoms with Gasteiger partial charge in [-0.05, 0) is 26.2 Å². The van der Waals surface area contributed by atoms with Gasteiger partial charge in [-0.15, -0.1) is 0 Å². The first-order chi connectivity index (χ1) is 7.15. The standard InChI is InChI=1S/C10H17N3O2/c1-3-7(11)8-12-9(13-15-8)10(2)5-4-6-14-10/h7H,3-6,11H2,1-2H3/t7-,10?/m0/s1. The van der Waals surface area contributed by atoms with Crippen LogP contribution in [0.2, 0.25) is 0 Å². The van der Waals surface area contributed by atoms with Crippen molar-refractivity contribution in [3.05, 3.63) is 11.7 Å². The smallest absolute Gasteiger partial charge is 0.243 e. The molecule has 1 aromatic heterocycles. The van der Waals surface area contributed by atoms with Gasteiger partial charge in [0.1, 0.15) is 5.60 Å². The number of hydrogen-bond acceptors (Lipinski definition) is 5. The van der Waals surface area contributed by atoms with Crippen LogP contribution in [0.25, 0.3) is 0 Å². The summed E-state index contributed by atoms with van der Waals surface area (Å²) >= 11 is 0. The van der Waals surface area contributed by atoms with Crippen LogP contribution < -0.4 is 5.73 Å². The van der Waals surface area contributed by atoms with Crippen molar-refractivity contribution in [2.45, 2.75) is 44.8 Å². The fraction of sp³-hybridized carbons (Fsp3) is 0.800. The van der Waals surface area contributed by atoms with Crippen molar-refractivity contribution in [2.24, 2.45) is 5.73 Å². The third-order valence-corrected chi connectivity index (χ3v) is 2.89. The maximum Gasteiger partial charge on any atom is 0.243 e. The summed E-state index contributed by atoms with van der Waals surface area (Å²) in [6.45, 7) is 4.74. The van der Waals surface area contributed by atoms with Crippen LogP contribution in [0.15, 0.2) is 4.52 Å². The lowest BCUT2D eigenvalue weighted by Crippen LogP contribution is -2.22. The maximum atomic E-state index is 5.81. The Morgan fingerprint density at radius 2 is 2.40 bits per heavy atom. The highest BCUT2D eigenvalue weighted by molar-refractivity contribution is 5.02. The minimum Gasteiger partial charge on any atom is -0.367 e. The molecule has 1 aliphatic rings. The molecular formula is C10H17N3O2. The van der Waals surface area contributed by atoms with Gasteiger partial charge >= 0.3 is 0 Å². The summed E-state index contributed by atoms with van der Waals surface area (Å²) in [5.41, 5.74) is 5.43. The molecule has 0 saturated carbocycles. The van der Waals surface area contributed by atoms with E-state index in [0.29, 0.717) is 11.7 Å². The maximum absolute atomic E-state index is 5.81. The molecule has 0 amide bonds. The van der Waals surface area contributed by atoms with E-state index in [-0.39, 0.29) is 11.6 Å². The second-order valence-electron chi connectivity index (χ2n) is 4.15. The molecule has 1 aromatic rings. The Hall–Kier alpha value is -0.940. The molecule has 1 saturated heterocycles. The number of aromatic nitrogens is 2. The number of ether oxygens (including phenoxy) is 1. The highest BCUT2D eigenvalue weighted by Gasteiger charge is 2.36. The van der Waals surface area contributed by atoms with Gasteiger partial charge in [0.25, 0.3) is 0 Å². The summed E-state index contributed by atoms with van der Waals surface area (Å²) in [7, 11) is 0. The molecule has 15 heavy (non-hydrogen) atoms. The quantitative estimate of drug-likeness (QED) is 0.820. The first-order valence-electron chi connectivity index (χ1n) is 5.39. The van der Waals surface area contributed by atoms with E-state index in [9.17, 15) is 0 Å². The lowest BCUT2D eigenvalue weighted by molar-refractivity contribution is 0.00768. The van der Waals surface area contributed by atoms with E-state index in [1.807, 2.05) is 13.8 Å². The molecule has 0 aromatic carbocycles. The second kappa shape index (κ2) is 3.90. The molecule has 5 nitrogen and oxygen atoms in total. The summed E-state index contributed by atoms with van der Waals surface area (Å²) in [5, 5.41) is 3.95. The fourth-order valence-corrected chi connectivity index (χ4v) is 1.73. The van der Waals surface area contributed by atoms with Gasteiger partial charge in [0.2, 0.25) is 11.7 Å². The predicted molar refractivity (Wildman–Crippen MR) is 54.1 cm³/mol. The zero-order valence-corrected chi connectivity index (χ0v) is 9.19. The van der Waals surface area contributed by atoms with Crippen molar-refractivity contribution in [3.63, 3.8) is 0 Å². The van der Waals surface area contributed by atoms with Crippen LogP contribution in [-0.2, 0) is 10.3 Å². The predicted octanol–water partition coefficient (Wildman–Crippen LogP) is 1.50. The number of rotatable bonds is 3. The Balaban J connectivity index is 2.19. The van der Waals surface area contributed by atoms with Crippen LogP contribution in [-0.4, -0.2) is 16.7 Å². The SMILES string of the molecule is CC[C@H](N)c1nc(C2(C)CCCO2)no1. The van der Waals surface area contributed by atoms with Gasteiger partial charge in [-0.3, -0.25) is 0 Å². The van der Waals surface area contributed by atoms with Gasteiger partial charge in [-0.25, -0.2) is 0 Å². The molecule has 0 radical (unpaired) electrons. The van der Waals surface area contributed by atoms with Crippen molar-refractivity contribution >= 4 is 0 Å². The van der Waals surface area contributed by atoms with Gasteiger partial charge in [0.15, 0.2) is 0 Å². The molecule has 2 rings (SSSR count). The Labute approximate surface area is 89.0 Å². The van der Waals surface area contributed by atoms with Gasteiger partial charge < -0.3 is 15.0 Å². The van der Waals surface area contributed by atoms with Crippen molar-refractivity contribution < 1.29 is 9.26 Å². The molecule has 2 heterocycles. The van der Waals surface area contributed by atoms with Gasteiger partial charge in [0, 0.05) is 6.61 Å². The molecule has 0 spiro atoms. The van der Waals surface area contributed by atoms with E-state index >= 15 is 0 Å². The average molecular weight is 211 g/mol. The fourth-order valence-electron chi connectivity index (χ4n) is 1.73. The average Bonchev–Trinajstić information content (AvgIpc) is 2.85. The van der Waals surface area contributed by atoms with Crippen molar-refractivity contribution in [1.82, 2.24) is 10.1 Å². The number of hydrogen-bond donors (Lipinski definition) is 1. The van der Waals surface area contributed by atoms with E-state index in [1.165, 1.54) is 0 Å². The summed E-state index contributed by atoms with van der Waals surface area (Å²) in [6.07, 6.45) is 2.77. The van der Waals surface area contributed by atoms with Crippen molar-refractivity contribution in [3.8, 4) is 0 Å². The van der Waals surface area contributed by atoms with E-state index in [1.54, 1.807) is 0 Å². The molecule has 2 atom stereocenters. The number of nitrogens with zero attached hydrogens (tertiary/aromatic N) is 2. The van der Waals surface area contributed by atoms with Gasteiger partial charge in [-0.2, -0.15) is 4.98 Å².